The molecule has 1 amide bonds. The van der Waals surface area contributed by atoms with Crippen LogP contribution in [-0.2, 0) is 21.2 Å². The van der Waals surface area contributed by atoms with Gasteiger partial charge in [0.05, 0.1) is 31.3 Å². The molecule has 1 fully saturated rings. The Labute approximate surface area is 165 Å². The molecule has 2 aromatic rings. The van der Waals surface area contributed by atoms with Gasteiger partial charge in [-0.1, -0.05) is 12.1 Å². The molecule has 0 bridgehead atoms. The summed E-state index contributed by atoms with van der Waals surface area (Å²) in [7, 11) is -0.436. The first-order valence-electron chi connectivity index (χ1n) is 9.03. The Hall–Kier alpha value is -2.74. The van der Waals surface area contributed by atoms with Crippen LogP contribution in [0.1, 0.15) is 18.4 Å². The van der Waals surface area contributed by atoms with Gasteiger partial charge in [0.1, 0.15) is 11.5 Å². The van der Waals surface area contributed by atoms with Crippen LogP contribution >= 0.6 is 0 Å². The van der Waals surface area contributed by atoms with Gasteiger partial charge in [-0.2, -0.15) is 0 Å². The van der Waals surface area contributed by atoms with Gasteiger partial charge in [0.25, 0.3) is 0 Å². The number of ether oxygens (including phenoxy) is 2. The Morgan fingerprint density at radius 1 is 1.07 bits per heavy atom. The topological polar surface area (TPSA) is 84.9 Å². The first kappa shape index (κ1) is 20.0. The molecule has 1 heterocycles. The predicted molar refractivity (Wildman–Crippen MR) is 109 cm³/mol. The summed E-state index contributed by atoms with van der Waals surface area (Å²) in [6.07, 6.45) is 1.65. The summed E-state index contributed by atoms with van der Waals surface area (Å²) in [5.41, 5.74) is 1.90. The average Bonchev–Trinajstić information content (AvgIpc) is 3.12. The Morgan fingerprint density at radius 3 is 2.43 bits per heavy atom. The number of aryl methyl sites for hydroxylation is 1. The highest BCUT2D eigenvalue weighted by Crippen LogP contribution is 2.34. The van der Waals surface area contributed by atoms with Crippen LogP contribution in [0.4, 0.5) is 11.4 Å². The third-order valence-electron chi connectivity index (χ3n) is 4.63. The van der Waals surface area contributed by atoms with Crippen molar-refractivity contribution in [2.45, 2.75) is 19.3 Å². The molecular weight excluding hydrogens is 380 g/mol. The van der Waals surface area contributed by atoms with Crippen LogP contribution in [-0.4, -0.2) is 40.8 Å². The van der Waals surface area contributed by atoms with Crippen molar-refractivity contribution >= 4 is 27.3 Å². The van der Waals surface area contributed by atoms with Crippen LogP contribution in [0.2, 0.25) is 0 Å². The highest BCUT2D eigenvalue weighted by atomic mass is 32.2. The molecule has 0 aromatic heterocycles. The van der Waals surface area contributed by atoms with E-state index in [0.29, 0.717) is 36.5 Å². The number of nitrogens with one attached hydrogen (secondary N) is 1. The molecule has 1 aliphatic rings. The zero-order valence-electron chi connectivity index (χ0n) is 16.0. The van der Waals surface area contributed by atoms with Gasteiger partial charge in [0, 0.05) is 13.0 Å². The average molecular weight is 404 g/mol. The standard InChI is InChI=1S/C20H24N2O5S/c1-26-17-8-5-15(6-9-17)11-13-28(24,25)21-16-7-10-19(27-2)18(14-16)22-12-3-4-20(22)23/h5-10,14,21H,3-4,11-13H2,1-2H3. The van der Waals surface area contributed by atoms with Gasteiger partial charge in [-0.25, -0.2) is 8.42 Å². The normalized spacial score (nSPS) is 14.2. The number of nitrogens with zero attached hydrogens (tertiary/aromatic N) is 1. The molecule has 8 heteroatoms. The number of methoxy groups -OCH3 is 2. The molecule has 1 aliphatic heterocycles. The van der Waals surface area contributed by atoms with E-state index >= 15 is 0 Å². The lowest BCUT2D eigenvalue weighted by molar-refractivity contribution is -0.117. The van der Waals surface area contributed by atoms with Crippen LogP contribution in [0.5, 0.6) is 11.5 Å². The first-order valence-corrected chi connectivity index (χ1v) is 10.7. The fraction of sp³-hybridized carbons (Fsp3) is 0.350. The van der Waals surface area contributed by atoms with Gasteiger partial charge in [0.2, 0.25) is 15.9 Å². The molecule has 1 N–H and O–H groups in total. The molecule has 2 aromatic carbocycles. The van der Waals surface area contributed by atoms with Gasteiger partial charge in [0.15, 0.2) is 0 Å². The molecule has 28 heavy (non-hydrogen) atoms. The molecule has 0 unspecified atom stereocenters. The summed E-state index contributed by atoms with van der Waals surface area (Å²) >= 11 is 0. The Kier molecular flexibility index (Phi) is 6.08. The lowest BCUT2D eigenvalue weighted by atomic mass is 10.2. The second-order valence-electron chi connectivity index (χ2n) is 6.55. The summed E-state index contributed by atoms with van der Waals surface area (Å²) in [5.74, 6) is 1.23. The molecule has 3 rings (SSSR count). The number of sulfonamides is 1. The summed E-state index contributed by atoms with van der Waals surface area (Å²) in [4.78, 5) is 13.7. The summed E-state index contributed by atoms with van der Waals surface area (Å²) < 4.78 is 38.0. The largest absolute Gasteiger partial charge is 0.497 e. The molecule has 150 valence electrons. The van der Waals surface area contributed by atoms with E-state index in [-0.39, 0.29) is 11.7 Å². The van der Waals surface area contributed by atoms with Crippen molar-refractivity contribution in [2.75, 3.05) is 36.1 Å². The highest BCUT2D eigenvalue weighted by Gasteiger charge is 2.25. The van der Waals surface area contributed by atoms with Gasteiger partial charge >= 0.3 is 0 Å². The number of carbonyl (C=O) groups excluding carboxylic acids is 1. The lowest BCUT2D eigenvalue weighted by Gasteiger charge is -2.20. The minimum Gasteiger partial charge on any atom is -0.497 e. The molecular formula is C20H24N2O5S. The second-order valence-corrected chi connectivity index (χ2v) is 8.40. The van der Waals surface area contributed by atoms with Crippen molar-refractivity contribution in [3.63, 3.8) is 0 Å². The molecule has 0 aliphatic carbocycles. The second kappa shape index (κ2) is 8.52. The third-order valence-corrected chi connectivity index (χ3v) is 5.92. The summed E-state index contributed by atoms with van der Waals surface area (Å²) in [5, 5.41) is 0. The van der Waals surface area contributed by atoms with E-state index < -0.39 is 10.0 Å². The predicted octanol–water partition coefficient (Wildman–Crippen LogP) is 2.82. The molecule has 0 radical (unpaired) electrons. The fourth-order valence-corrected chi connectivity index (χ4v) is 4.23. The summed E-state index contributed by atoms with van der Waals surface area (Å²) in [6, 6.07) is 12.2. The molecule has 1 saturated heterocycles. The van der Waals surface area contributed by atoms with Crippen LogP contribution < -0.4 is 19.1 Å². The highest BCUT2D eigenvalue weighted by molar-refractivity contribution is 7.92. The van der Waals surface area contributed by atoms with E-state index in [9.17, 15) is 13.2 Å². The van der Waals surface area contributed by atoms with Crippen LogP contribution in [0, 0.1) is 0 Å². The zero-order valence-corrected chi connectivity index (χ0v) is 16.8. The number of anilines is 2. The van der Waals surface area contributed by atoms with E-state index in [1.54, 1.807) is 42.3 Å². The number of hydrogen-bond acceptors (Lipinski definition) is 5. The number of amides is 1. The minimum absolute atomic E-state index is 0.0119. The maximum absolute atomic E-state index is 12.5. The summed E-state index contributed by atoms with van der Waals surface area (Å²) in [6.45, 7) is 0.600. The lowest BCUT2D eigenvalue weighted by Crippen LogP contribution is -2.24. The third kappa shape index (κ3) is 4.75. The van der Waals surface area contributed by atoms with Crippen molar-refractivity contribution in [3.8, 4) is 11.5 Å². The van der Waals surface area contributed by atoms with E-state index in [4.69, 9.17) is 9.47 Å². The maximum Gasteiger partial charge on any atom is 0.233 e. The number of carbonyl (C=O) groups is 1. The fourth-order valence-electron chi connectivity index (χ4n) is 3.14. The zero-order chi connectivity index (χ0) is 20.1. The Bertz CT molecular complexity index is 942. The van der Waals surface area contributed by atoms with Gasteiger partial charge in [-0.05, 0) is 48.7 Å². The smallest absolute Gasteiger partial charge is 0.233 e. The van der Waals surface area contributed by atoms with Crippen LogP contribution in [0.15, 0.2) is 42.5 Å². The first-order chi connectivity index (χ1) is 13.4. The minimum atomic E-state index is -3.55. The molecule has 0 saturated carbocycles. The van der Waals surface area contributed by atoms with Crippen molar-refractivity contribution < 1.29 is 22.7 Å². The monoisotopic (exact) mass is 404 g/mol. The molecule has 0 spiro atoms. The number of benzene rings is 2. The Balaban J connectivity index is 1.71. The van der Waals surface area contributed by atoms with Crippen molar-refractivity contribution in [3.05, 3.63) is 48.0 Å². The van der Waals surface area contributed by atoms with E-state index in [1.807, 2.05) is 12.1 Å². The van der Waals surface area contributed by atoms with Gasteiger partial charge in [-0.15, -0.1) is 0 Å². The van der Waals surface area contributed by atoms with Crippen LogP contribution in [0.25, 0.3) is 0 Å². The van der Waals surface area contributed by atoms with Gasteiger partial charge < -0.3 is 14.4 Å². The van der Waals surface area contributed by atoms with Crippen molar-refractivity contribution in [2.24, 2.45) is 0 Å². The Morgan fingerprint density at radius 2 is 1.82 bits per heavy atom. The van der Waals surface area contributed by atoms with E-state index in [1.165, 1.54) is 7.11 Å². The van der Waals surface area contributed by atoms with E-state index in [2.05, 4.69) is 4.72 Å². The van der Waals surface area contributed by atoms with E-state index in [0.717, 1.165) is 17.7 Å². The molecule has 0 atom stereocenters. The maximum atomic E-state index is 12.5. The van der Waals surface area contributed by atoms with Crippen molar-refractivity contribution in [1.82, 2.24) is 0 Å². The van der Waals surface area contributed by atoms with Gasteiger partial charge in [-0.3, -0.25) is 9.52 Å². The number of rotatable bonds is 8. The quantitative estimate of drug-likeness (QED) is 0.731. The molecule has 7 nitrogen and oxygen atoms in total. The number of hydrogen-bond donors (Lipinski definition) is 1. The van der Waals surface area contributed by atoms with Crippen molar-refractivity contribution in [1.29, 1.82) is 0 Å². The van der Waals surface area contributed by atoms with Crippen LogP contribution in [0.3, 0.4) is 0 Å². The SMILES string of the molecule is COc1ccc(CCS(=O)(=O)Nc2ccc(OC)c(N3CCCC3=O)c2)cc1.